The van der Waals surface area contributed by atoms with Crippen molar-refractivity contribution in [3.05, 3.63) is 0 Å². The van der Waals surface area contributed by atoms with Crippen LogP contribution in [-0.4, -0.2) is 81.8 Å². The van der Waals surface area contributed by atoms with Gasteiger partial charge in [0, 0.05) is 0 Å². The molecule has 1 fully saturated rings. The topological polar surface area (TPSA) is 137 Å². The maximum absolute atomic E-state index is 10.1. The van der Waals surface area contributed by atoms with Crippen LogP contribution in [0.25, 0.3) is 0 Å². The number of hydrogen-bond donors (Lipinski definition) is 5. The molecule has 0 aromatic rings. The van der Waals surface area contributed by atoms with Crippen LogP contribution >= 0.6 is 0 Å². The molecule has 0 radical (unpaired) electrons. The first-order chi connectivity index (χ1) is 8.01. The van der Waals surface area contributed by atoms with Gasteiger partial charge in [0.25, 0.3) is 0 Å². The average molecular weight is 252 g/mol. The van der Waals surface area contributed by atoms with E-state index in [0.29, 0.717) is 0 Å². The minimum absolute atomic E-state index is 0.248. The number of rotatable bonds is 6. The molecule has 0 bridgehead atoms. The smallest absolute Gasteiger partial charge is 0.186 e. The van der Waals surface area contributed by atoms with Gasteiger partial charge in [-0.05, 0) is 0 Å². The molecule has 0 amide bonds. The van der Waals surface area contributed by atoms with Gasteiger partial charge in [-0.1, -0.05) is 0 Å². The molecule has 8 heteroatoms. The van der Waals surface area contributed by atoms with Crippen LogP contribution in [0.15, 0.2) is 0 Å². The van der Waals surface area contributed by atoms with Gasteiger partial charge in [-0.15, -0.1) is 0 Å². The summed E-state index contributed by atoms with van der Waals surface area (Å²) in [6.45, 7) is -1.04. The van der Waals surface area contributed by atoms with Crippen molar-refractivity contribution in [2.45, 2.75) is 36.8 Å². The van der Waals surface area contributed by atoms with E-state index in [2.05, 4.69) is 0 Å². The summed E-state index contributed by atoms with van der Waals surface area (Å²) in [5.74, 6) is 0. The van der Waals surface area contributed by atoms with Crippen LogP contribution in [0.2, 0.25) is 0 Å². The Morgan fingerprint density at radius 3 is 2.47 bits per heavy atom. The summed E-state index contributed by atoms with van der Waals surface area (Å²) in [6, 6.07) is 0. The summed E-state index contributed by atoms with van der Waals surface area (Å²) in [4.78, 5) is 10.1. The van der Waals surface area contributed by atoms with Gasteiger partial charge >= 0.3 is 0 Å². The number of aliphatic hydroxyl groups excluding tert-OH is 5. The highest BCUT2D eigenvalue weighted by Gasteiger charge is 2.46. The van der Waals surface area contributed by atoms with Gasteiger partial charge in [-0.25, -0.2) is 0 Å². The fraction of sp³-hybridized carbons (Fsp3) is 0.889. The maximum Gasteiger partial charge on any atom is 0.186 e. The standard InChI is InChI=1S/C9H16O8/c10-1-4(12)3-16-9-7(15)6(14)8(17-9)5(13)2-11/h1,4-9,11-15H,2-3H2/t4-,5-,6-,7-,8+,9-/m1/s1. The fourth-order valence-electron chi connectivity index (χ4n) is 1.46. The molecule has 0 aliphatic carbocycles. The molecule has 0 spiro atoms. The summed E-state index contributed by atoms with van der Waals surface area (Å²) in [5.41, 5.74) is 0. The number of aldehydes is 1. The lowest BCUT2D eigenvalue weighted by Crippen LogP contribution is -2.40. The third kappa shape index (κ3) is 3.42. The largest absolute Gasteiger partial charge is 0.394 e. The molecule has 5 N–H and O–H groups in total. The van der Waals surface area contributed by atoms with Crippen molar-refractivity contribution in [3.63, 3.8) is 0 Å². The highest BCUT2D eigenvalue weighted by molar-refractivity contribution is 5.55. The first-order valence-corrected chi connectivity index (χ1v) is 5.06. The molecule has 17 heavy (non-hydrogen) atoms. The van der Waals surface area contributed by atoms with Gasteiger partial charge in [0.1, 0.15) is 30.5 Å². The molecule has 1 aliphatic rings. The van der Waals surface area contributed by atoms with Gasteiger partial charge < -0.3 is 39.8 Å². The zero-order chi connectivity index (χ0) is 13.0. The molecular weight excluding hydrogens is 236 g/mol. The third-order valence-corrected chi connectivity index (χ3v) is 2.41. The van der Waals surface area contributed by atoms with Gasteiger partial charge in [0.2, 0.25) is 0 Å². The van der Waals surface area contributed by atoms with E-state index in [1.807, 2.05) is 0 Å². The molecule has 0 saturated carbocycles. The number of carbonyl (C=O) groups excluding carboxylic acids is 1. The Kier molecular flexibility index (Phi) is 5.40. The maximum atomic E-state index is 10.1. The van der Waals surface area contributed by atoms with Crippen LogP contribution < -0.4 is 0 Å². The van der Waals surface area contributed by atoms with E-state index in [9.17, 15) is 20.1 Å². The van der Waals surface area contributed by atoms with Gasteiger partial charge in [0.15, 0.2) is 12.6 Å². The molecule has 1 saturated heterocycles. The van der Waals surface area contributed by atoms with Crippen LogP contribution in [-0.2, 0) is 14.3 Å². The normalized spacial score (nSPS) is 36.8. The Hall–Kier alpha value is -0.610. The van der Waals surface area contributed by atoms with E-state index in [1.165, 1.54) is 0 Å². The lowest BCUT2D eigenvalue weighted by Gasteiger charge is -2.18. The van der Waals surface area contributed by atoms with Crippen molar-refractivity contribution in [1.29, 1.82) is 0 Å². The number of aliphatic hydroxyl groups is 5. The SMILES string of the molecule is O=C[C@@H](O)CO[C@@H]1O[C@@H]([C@H](O)CO)[C@H](O)[C@H]1O. The molecule has 8 nitrogen and oxygen atoms in total. The van der Waals surface area contributed by atoms with Crippen LogP contribution in [0.3, 0.4) is 0 Å². The highest BCUT2D eigenvalue weighted by Crippen LogP contribution is 2.24. The molecule has 100 valence electrons. The second kappa shape index (κ2) is 6.36. The Bertz CT molecular complexity index is 247. The van der Waals surface area contributed by atoms with Crippen molar-refractivity contribution in [1.82, 2.24) is 0 Å². The molecule has 1 rings (SSSR count). The molecule has 0 unspecified atom stereocenters. The van der Waals surface area contributed by atoms with Crippen LogP contribution in [0, 0.1) is 0 Å². The lowest BCUT2D eigenvalue weighted by atomic mass is 10.1. The number of carbonyl (C=O) groups is 1. The monoisotopic (exact) mass is 252 g/mol. The summed E-state index contributed by atoms with van der Waals surface area (Å²) in [7, 11) is 0. The summed E-state index contributed by atoms with van der Waals surface area (Å²) >= 11 is 0. The summed E-state index contributed by atoms with van der Waals surface area (Å²) < 4.78 is 9.83. The minimum atomic E-state index is -1.43. The minimum Gasteiger partial charge on any atom is -0.394 e. The summed E-state index contributed by atoms with van der Waals surface area (Å²) in [5, 5.41) is 45.9. The van der Waals surface area contributed by atoms with Crippen molar-refractivity contribution >= 4 is 6.29 Å². The highest BCUT2D eigenvalue weighted by atomic mass is 16.7. The predicted molar refractivity (Wildman–Crippen MR) is 51.8 cm³/mol. The molecule has 0 aromatic heterocycles. The molecule has 1 heterocycles. The second-order valence-corrected chi connectivity index (χ2v) is 3.74. The van der Waals surface area contributed by atoms with Gasteiger partial charge in [-0.3, -0.25) is 0 Å². The Morgan fingerprint density at radius 2 is 1.94 bits per heavy atom. The van der Waals surface area contributed by atoms with Crippen LogP contribution in [0.4, 0.5) is 0 Å². The Balaban J connectivity index is 2.50. The van der Waals surface area contributed by atoms with Crippen molar-refractivity contribution in [3.8, 4) is 0 Å². The van der Waals surface area contributed by atoms with E-state index in [4.69, 9.17) is 19.7 Å². The first kappa shape index (κ1) is 14.5. The predicted octanol–water partition coefficient (Wildman–Crippen LogP) is -3.64. The Labute approximate surface area is 97.0 Å². The van der Waals surface area contributed by atoms with E-state index in [-0.39, 0.29) is 6.29 Å². The van der Waals surface area contributed by atoms with Crippen molar-refractivity contribution in [2.24, 2.45) is 0 Å². The molecule has 1 aliphatic heterocycles. The second-order valence-electron chi connectivity index (χ2n) is 3.74. The van der Waals surface area contributed by atoms with Crippen LogP contribution in [0.5, 0.6) is 0 Å². The quantitative estimate of drug-likeness (QED) is 0.305. The van der Waals surface area contributed by atoms with Crippen molar-refractivity contribution in [2.75, 3.05) is 13.2 Å². The average Bonchev–Trinajstić information content (AvgIpc) is 2.62. The van der Waals surface area contributed by atoms with E-state index in [1.54, 1.807) is 0 Å². The van der Waals surface area contributed by atoms with E-state index >= 15 is 0 Å². The molecule has 6 atom stereocenters. The number of hydrogen-bond acceptors (Lipinski definition) is 8. The van der Waals surface area contributed by atoms with E-state index < -0.39 is 50.0 Å². The summed E-state index contributed by atoms with van der Waals surface area (Å²) in [6.07, 6.45) is -7.78. The van der Waals surface area contributed by atoms with Gasteiger partial charge in [-0.2, -0.15) is 0 Å². The first-order valence-electron chi connectivity index (χ1n) is 5.06. The zero-order valence-electron chi connectivity index (χ0n) is 8.92. The van der Waals surface area contributed by atoms with Gasteiger partial charge in [0.05, 0.1) is 13.2 Å². The third-order valence-electron chi connectivity index (χ3n) is 2.41. The lowest BCUT2D eigenvalue weighted by molar-refractivity contribution is -0.189. The Morgan fingerprint density at radius 1 is 1.29 bits per heavy atom. The van der Waals surface area contributed by atoms with E-state index in [0.717, 1.165) is 0 Å². The van der Waals surface area contributed by atoms with Crippen molar-refractivity contribution < 1.29 is 39.8 Å². The number of ether oxygens (including phenoxy) is 2. The fourth-order valence-corrected chi connectivity index (χ4v) is 1.46. The molecular formula is C9H16O8. The molecule has 0 aromatic carbocycles. The zero-order valence-corrected chi connectivity index (χ0v) is 8.92. The van der Waals surface area contributed by atoms with Crippen LogP contribution in [0.1, 0.15) is 0 Å².